The molecule has 2 amide bonds. The number of para-hydroxylation sites is 1. The number of carbonyl (C=O) groups excluding carboxylic acids is 2. The molecule has 4 unspecified atom stereocenters. The highest BCUT2D eigenvalue weighted by Gasteiger charge is 2.69. The molecule has 3 heterocycles. The normalized spacial score (nSPS) is 21.7. The second kappa shape index (κ2) is 13.1. The maximum atomic E-state index is 15.3. The van der Waals surface area contributed by atoms with Crippen molar-refractivity contribution in [3.05, 3.63) is 145 Å². The molecule has 0 bridgehead atoms. The Morgan fingerprint density at radius 3 is 2.27 bits per heavy atom. The van der Waals surface area contributed by atoms with Gasteiger partial charge in [0.1, 0.15) is 17.2 Å². The van der Waals surface area contributed by atoms with Gasteiger partial charge in [-0.3, -0.25) is 15.0 Å². The van der Waals surface area contributed by atoms with Gasteiger partial charge in [-0.1, -0.05) is 59.6 Å². The van der Waals surface area contributed by atoms with Crippen LogP contribution in [0.5, 0.6) is 17.2 Å². The Labute approximate surface area is 319 Å². The summed E-state index contributed by atoms with van der Waals surface area (Å²) in [4.78, 5) is 58.3. The first-order chi connectivity index (χ1) is 26.2. The molecule has 1 saturated heterocycles. The number of phenolic OH excluding ortho intramolecular Hbond substituents is 1. The summed E-state index contributed by atoms with van der Waals surface area (Å²) >= 11 is 12.6. The molecule has 17 heteroatoms. The molecule has 1 aromatic heterocycles. The van der Waals surface area contributed by atoms with E-state index in [1.54, 1.807) is 60.7 Å². The van der Waals surface area contributed by atoms with Gasteiger partial charge in [-0.05, 0) is 78.2 Å². The second-order valence-electron chi connectivity index (χ2n) is 13.2. The van der Waals surface area contributed by atoms with Crippen molar-refractivity contribution in [2.24, 2.45) is 5.92 Å². The number of hydrogen-bond acceptors (Lipinski definition) is 8. The van der Waals surface area contributed by atoms with Crippen LogP contribution in [0.4, 0.5) is 18.9 Å². The third-order valence-corrected chi connectivity index (χ3v) is 10.9. The average Bonchev–Trinajstić information content (AvgIpc) is 3.54. The number of allylic oxidation sites excluding steroid dienone is 2. The molecule has 5 aromatic rings. The number of fused-ring (bicyclic) bond motifs is 4. The molecular formula is C38H28Cl2F3N5O7. The van der Waals surface area contributed by atoms with E-state index in [-0.39, 0.29) is 45.5 Å². The number of halogens is 5. The Balaban J connectivity index is 1.40. The summed E-state index contributed by atoms with van der Waals surface area (Å²) in [5, 5.41) is 12.7. The van der Waals surface area contributed by atoms with Crippen molar-refractivity contribution in [3.63, 3.8) is 0 Å². The van der Waals surface area contributed by atoms with Crippen LogP contribution in [0.25, 0.3) is 5.69 Å². The highest BCUT2D eigenvalue weighted by atomic mass is 35.5. The molecule has 55 heavy (non-hydrogen) atoms. The van der Waals surface area contributed by atoms with Gasteiger partial charge >= 0.3 is 17.7 Å². The largest absolute Gasteiger partial charge is 0.573 e. The number of hydrazine groups is 1. The number of anilines is 1. The molecule has 12 nitrogen and oxygen atoms in total. The van der Waals surface area contributed by atoms with E-state index >= 15 is 4.79 Å². The van der Waals surface area contributed by atoms with Crippen molar-refractivity contribution in [2.45, 2.75) is 36.7 Å². The summed E-state index contributed by atoms with van der Waals surface area (Å²) < 4.78 is 53.9. The van der Waals surface area contributed by atoms with Crippen LogP contribution < -0.4 is 26.3 Å². The van der Waals surface area contributed by atoms with Gasteiger partial charge in [-0.15, -0.1) is 13.2 Å². The van der Waals surface area contributed by atoms with E-state index in [1.165, 1.54) is 34.7 Å². The maximum Gasteiger partial charge on any atom is 0.573 e. The fraction of sp³-hybridized carbons (Fsp3) is 0.211. The van der Waals surface area contributed by atoms with Crippen molar-refractivity contribution >= 4 is 40.7 Å². The first kappa shape index (κ1) is 36.1. The number of nitrogens with zero attached hydrogens (tertiary/aromatic N) is 4. The fourth-order valence-corrected chi connectivity index (χ4v) is 8.66. The van der Waals surface area contributed by atoms with E-state index in [9.17, 15) is 32.7 Å². The Morgan fingerprint density at radius 1 is 0.891 bits per heavy atom. The van der Waals surface area contributed by atoms with E-state index in [4.69, 9.17) is 27.9 Å². The summed E-state index contributed by atoms with van der Waals surface area (Å²) in [5.41, 5.74) is 0.202. The molecular weight excluding hydrogens is 766 g/mol. The third-order valence-electron chi connectivity index (χ3n) is 10.4. The number of amides is 2. The van der Waals surface area contributed by atoms with Crippen LogP contribution in [-0.2, 0) is 21.5 Å². The molecule has 282 valence electrons. The molecule has 0 radical (unpaired) electrons. The zero-order chi connectivity index (χ0) is 39.0. The van der Waals surface area contributed by atoms with Crippen LogP contribution in [0.1, 0.15) is 29.5 Å². The summed E-state index contributed by atoms with van der Waals surface area (Å²) in [7, 11) is 1.44. The molecule has 1 saturated carbocycles. The van der Waals surface area contributed by atoms with Crippen LogP contribution in [0.2, 0.25) is 10.0 Å². The third kappa shape index (κ3) is 5.68. The number of nitrogens with one attached hydrogen (secondary N) is 1. The molecule has 4 aromatic carbocycles. The van der Waals surface area contributed by atoms with Crippen molar-refractivity contribution < 1.29 is 37.3 Å². The number of rotatable bonds is 7. The quantitative estimate of drug-likeness (QED) is 0.144. The smallest absolute Gasteiger partial charge is 0.508 e. The highest BCUT2D eigenvalue weighted by Crippen LogP contribution is 2.63. The van der Waals surface area contributed by atoms with Gasteiger partial charge in [0, 0.05) is 16.5 Å². The minimum absolute atomic E-state index is 0.0712. The first-order valence-electron chi connectivity index (χ1n) is 16.8. The monoisotopic (exact) mass is 793 g/mol. The number of benzene rings is 4. The van der Waals surface area contributed by atoms with Gasteiger partial charge in [-0.25, -0.2) is 23.5 Å². The lowest BCUT2D eigenvalue weighted by Crippen LogP contribution is -2.53. The standard InChI is InChI=1S/C38H28Cl2F3N5O7/c1-54-23-10-7-20(8-11-23)37-27(33(50)47(34(37)51)44-29-13-9-21(39)17-28(29)40)19-30-25(32(37)26-18-24(12-14-31(26)49)55-38(41,42)43)15-16-45-35(52)46(36(53)48(30)45)22-5-3-2-4-6-22/h2-15,17-18,27,30,32,44,49H,16,19H2,1H3. The molecule has 3 aliphatic rings. The number of carbonyl (C=O) groups is 2. The van der Waals surface area contributed by atoms with E-state index in [0.717, 1.165) is 27.8 Å². The summed E-state index contributed by atoms with van der Waals surface area (Å²) in [6.07, 6.45) is -3.73. The number of methoxy groups -OCH3 is 1. The number of hydrogen-bond donors (Lipinski definition) is 2. The van der Waals surface area contributed by atoms with Crippen LogP contribution in [-0.4, -0.2) is 49.3 Å². The van der Waals surface area contributed by atoms with E-state index < -0.39 is 64.3 Å². The average molecular weight is 795 g/mol. The van der Waals surface area contributed by atoms with E-state index in [1.807, 2.05) is 0 Å². The van der Waals surface area contributed by atoms with Gasteiger partial charge in [-0.2, -0.15) is 5.01 Å². The van der Waals surface area contributed by atoms with Gasteiger partial charge in [0.15, 0.2) is 0 Å². The van der Waals surface area contributed by atoms with Crippen molar-refractivity contribution in [3.8, 4) is 22.9 Å². The minimum Gasteiger partial charge on any atom is -0.508 e. The molecule has 2 N–H and O–H groups in total. The van der Waals surface area contributed by atoms with Crippen LogP contribution >= 0.6 is 23.2 Å². The Bertz CT molecular complexity index is 2530. The molecule has 4 atom stereocenters. The lowest BCUT2D eigenvalue weighted by atomic mass is 9.53. The molecule has 2 aliphatic heterocycles. The second-order valence-corrected chi connectivity index (χ2v) is 14.0. The number of ether oxygens (including phenoxy) is 2. The topological polar surface area (TPSA) is 137 Å². The number of aromatic hydroxyl groups is 1. The number of imide groups is 1. The summed E-state index contributed by atoms with van der Waals surface area (Å²) in [6.45, 7) is -0.191. The van der Waals surface area contributed by atoms with Gasteiger partial charge in [0.05, 0.1) is 47.4 Å². The lowest BCUT2D eigenvalue weighted by Gasteiger charge is -2.49. The zero-order valence-corrected chi connectivity index (χ0v) is 30.0. The molecule has 8 rings (SSSR count). The van der Waals surface area contributed by atoms with Crippen LogP contribution in [0, 0.1) is 5.92 Å². The lowest BCUT2D eigenvalue weighted by molar-refractivity contribution is -0.274. The SMILES string of the molecule is COc1ccc(C23C(=O)N(Nc4ccc(Cl)cc4Cl)C(=O)C2CC2C(=CCn4c(=O)n(-c5ccccc5)c(=O)n42)C3c2cc(OC(F)(F)F)ccc2O)cc1. The Morgan fingerprint density at radius 2 is 1.60 bits per heavy atom. The van der Waals surface area contributed by atoms with Crippen molar-refractivity contribution in [2.75, 3.05) is 12.5 Å². The van der Waals surface area contributed by atoms with E-state index in [2.05, 4.69) is 10.2 Å². The summed E-state index contributed by atoms with van der Waals surface area (Å²) in [5.74, 6) is -5.18. The highest BCUT2D eigenvalue weighted by molar-refractivity contribution is 6.36. The van der Waals surface area contributed by atoms with Crippen molar-refractivity contribution in [1.29, 1.82) is 0 Å². The minimum atomic E-state index is -5.12. The van der Waals surface area contributed by atoms with Gasteiger partial charge in [0.2, 0.25) is 0 Å². The van der Waals surface area contributed by atoms with E-state index in [0.29, 0.717) is 11.3 Å². The number of aromatic nitrogens is 3. The fourth-order valence-electron chi connectivity index (χ4n) is 8.21. The predicted molar refractivity (Wildman–Crippen MR) is 194 cm³/mol. The molecule has 2 fully saturated rings. The number of phenols is 1. The molecule has 1 aliphatic carbocycles. The van der Waals surface area contributed by atoms with Crippen molar-refractivity contribution in [1.82, 2.24) is 18.9 Å². The van der Waals surface area contributed by atoms with Gasteiger partial charge in [0.25, 0.3) is 11.8 Å². The maximum absolute atomic E-state index is 15.3. The summed E-state index contributed by atoms with van der Waals surface area (Å²) in [6, 6.07) is 20.6. The first-order valence-corrected chi connectivity index (χ1v) is 17.5. The Kier molecular flexibility index (Phi) is 8.61. The number of alkyl halides is 3. The van der Waals surface area contributed by atoms with Crippen LogP contribution in [0.15, 0.2) is 112 Å². The van der Waals surface area contributed by atoms with Crippen LogP contribution in [0.3, 0.4) is 0 Å². The molecule has 0 spiro atoms. The predicted octanol–water partition coefficient (Wildman–Crippen LogP) is 6.34. The zero-order valence-electron chi connectivity index (χ0n) is 28.5. The van der Waals surface area contributed by atoms with Gasteiger partial charge < -0.3 is 14.6 Å². The Hall–Kier alpha value is -5.93.